The third-order valence-electron chi connectivity index (χ3n) is 2.77. The number of nitrogens with two attached hydrogens (primary N) is 1. The van der Waals surface area contributed by atoms with Crippen molar-refractivity contribution in [3.63, 3.8) is 0 Å². The predicted molar refractivity (Wildman–Crippen MR) is 72.2 cm³/mol. The van der Waals surface area contributed by atoms with Gasteiger partial charge in [0.2, 0.25) is 5.43 Å². The Labute approximate surface area is 110 Å². The fourth-order valence-electron chi connectivity index (χ4n) is 1.70. The van der Waals surface area contributed by atoms with Crippen LogP contribution in [0.5, 0.6) is 0 Å². The monoisotopic (exact) mass is 263 g/mol. The lowest BCUT2D eigenvalue weighted by Crippen LogP contribution is -2.21. The average molecular weight is 264 g/mol. The second-order valence-electron chi connectivity index (χ2n) is 4.15. The quantitative estimate of drug-likeness (QED) is 0.901. The molecule has 0 bridgehead atoms. The standard InChI is InChI=1S/C13H14ClN3O/c1-8-3-4-10(6-11(8)14)17-9(2)5-13(18)12(7-15)16-17/h3-6H,7,15H2,1-2H3. The Morgan fingerprint density at radius 1 is 1.33 bits per heavy atom. The lowest BCUT2D eigenvalue weighted by molar-refractivity contribution is 0.750. The van der Waals surface area contributed by atoms with Gasteiger partial charge in [0.1, 0.15) is 5.69 Å². The molecule has 0 aliphatic heterocycles. The highest BCUT2D eigenvalue weighted by Crippen LogP contribution is 2.19. The number of halogens is 1. The molecule has 0 unspecified atom stereocenters. The first-order valence-electron chi connectivity index (χ1n) is 5.59. The molecule has 0 radical (unpaired) electrons. The summed E-state index contributed by atoms with van der Waals surface area (Å²) in [6.07, 6.45) is 0. The van der Waals surface area contributed by atoms with Crippen LogP contribution < -0.4 is 11.2 Å². The van der Waals surface area contributed by atoms with E-state index in [0.29, 0.717) is 10.7 Å². The normalized spacial score (nSPS) is 10.7. The van der Waals surface area contributed by atoms with Crippen LogP contribution in [0.15, 0.2) is 29.1 Å². The van der Waals surface area contributed by atoms with Crippen molar-refractivity contribution in [3.05, 3.63) is 56.5 Å². The number of aromatic nitrogens is 2. The summed E-state index contributed by atoms with van der Waals surface area (Å²) in [6, 6.07) is 7.18. The van der Waals surface area contributed by atoms with Gasteiger partial charge in [-0.25, -0.2) is 4.68 Å². The van der Waals surface area contributed by atoms with E-state index in [2.05, 4.69) is 5.10 Å². The van der Waals surface area contributed by atoms with Gasteiger partial charge in [-0.2, -0.15) is 5.10 Å². The molecule has 0 atom stereocenters. The molecule has 94 valence electrons. The third-order valence-corrected chi connectivity index (χ3v) is 3.18. The van der Waals surface area contributed by atoms with Crippen LogP contribution in [0.4, 0.5) is 0 Å². The van der Waals surface area contributed by atoms with Crippen molar-refractivity contribution in [1.29, 1.82) is 0 Å². The van der Waals surface area contributed by atoms with Crippen molar-refractivity contribution >= 4 is 11.6 Å². The van der Waals surface area contributed by atoms with Crippen molar-refractivity contribution in [1.82, 2.24) is 9.78 Å². The maximum absolute atomic E-state index is 11.6. The number of aryl methyl sites for hydroxylation is 2. The molecule has 0 saturated carbocycles. The second kappa shape index (κ2) is 4.92. The van der Waals surface area contributed by atoms with Crippen molar-refractivity contribution in [2.75, 3.05) is 0 Å². The summed E-state index contributed by atoms with van der Waals surface area (Å²) in [5, 5.41) is 4.92. The summed E-state index contributed by atoms with van der Waals surface area (Å²) in [5.41, 5.74) is 8.27. The number of benzene rings is 1. The number of hydrogen-bond acceptors (Lipinski definition) is 3. The van der Waals surface area contributed by atoms with Gasteiger partial charge < -0.3 is 5.73 Å². The first-order chi connectivity index (χ1) is 8.52. The molecule has 18 heavy (non-hydrogen) atoms. The zero-order chi connectivity index (χ0) is 13.3. The zero-order valence-corrected chi connectivity index (χ0v) is 11.0. The van der Waals surface area contributed by atoms with E-state index in [0.717, 1.165) is 16.9 Å². The smallest absolute Gasteiger partial charge is 0.204 e. The molecule has 1 aromatic heterocycles. The SMILES string of the molecule is Cc1ccc(-n2nc(CN)c(=O)cc2C)cc1Cl. The van der Waals surface area contributed by atoms with Crippen LogP contribution in [0.3, 0.4) is 0 Å². The van der Waals surface area contributed by atoms with Gasteiger partial charge in [-0.1, -0.05) is 17.7 Å². The maximum Gasteiger partial charge on any atom is 0.204 e. The van der Waals surface area contributed by atoms with Crippen LogP contribution >= 0.6 is 11.6 Å². The predicted octanol–water partition coefficient (Wildman–Crippen LogP) is 1.96. The Hall–Kier alpha value is -1.65. The molecule has 2 N–H and O–H groups in total. The first kappa shape index (κ1) is 12.8. The molecule has 0 spiro atoms. The van der Waals surface area contributed by atoms with E-state index < -0.39 is 0 Å². The second-order valence-corrected chi connectivity index (χ2v) is 4.55. The van der Waals surface area contributed by atoms with Crippen molar-refractivity contribution in [3.8, 4) is 5.69 Å². The lowest BCUT2D eigenvalue weighted by atomic mass is 10.2. The van der Waals surface area contributed by atoms with Gasteiger partial charge in [-0.15, -0.1) is 0 Å². The van der Waals surface area contributed by atoms with E-state index in [-0.39, 0.29) is 12.0 Å². The minimum absolute atomic E-state index is 0.124. The largest absolute Gasteiger partial charge is 0.325 e. The first-order valence-corrected chi connectivity index (χ1v) is 5.97. The highest BCUT2D eigenvalue weighted by Gasteiger charge is 2.07. The van der Waals surface area contributed by atoms with E-state index in [1.165, 1.54) is 6.07 Å². The van der Waals surface area contributed by atoms with Crippen LogP contribution in [0.1, 0.15) is 17.0 Å². The maximum atomic E-state index is 11.6. The molecule has 1 heterocycles. The van der Waals surface area contributed by atoms with Gasteiger partial charge >= 0.3 is 0 Å². The highest BCUT2D eigenvalue weighted by molar-refractivity contribution is 6.31. The summed E-state index contributed by atoms with van der Waals surface area (Å²) < 4.78 is 1.68. The summed E-state index contributed by atoms with van der Waals surface area (Å²) in [5.74, 6) is 0. The molecule has 4 nitrogen and oxygen atoms in total. The summed E-state index contributed by atoms with van der Waals surface area (Å²) in [7, 11) is 0. The topological polar surface area (TPSA) is 60.9 Å². The molecule has 0 fully saturated rings. The van der Waals surface area contributed by atoms with Crippen LogP contribution in [-0.2, 0) is 6.54 Å². The van der Waals surface area contributed by atoms with Crippen LogP contribution in [0, 0.1) is 13.8 Å². The van der Waals surface area contributed by atoms with Crippen molar-refractivity contribution in [2.24, 2.45) is 5.73 Å². The van der Waals surface area contributed by atoms with Crippen molar-refractivity contribution in [2.45, 2.75) is 20.4 Å². The molecule has 2 aromatic rings. The van der Waals surface area contributed by atoms with Crippen LogP contribution in [0.2, 0.25) is 5.02 Å². The van der Waals surface area contributed by atoms with E-state index in [4.69, 9.17) is 17.3 Å². The fraction of sp³-hybridized carbons (Fsp3) is 0.231. The minimum Gasteiger partial charge on any atom is -0.325 e. The van der Waals surface area contributed by atoms with Gasteiger partial charge in [0.25, 0.3) is 0 Å². The Kier molecular flexibility index (Phi) is 3.50. The number of hydrogen-bond donors (Lipinski definition) is 1. The van der Waals surface area contributed by atoms with Crippen molar-refractivity contribution < 1.29 is 0 Å². The number of rotatable bonds is 2. The summed E-state index contributed by atoms with van der Waals surface area (Å²) in [6.45, 7) is 3.88. The van der Waals surface area contributed by atoms with Gasteiger partial charge in [0.05, 0.1) is 5.69 Å². The molecule has 5 heteroatoms. The van der Waals surface area contributed by atoms with Gasteiger partial charge in [-0.3, -0.25) is 4.79 Å². The van der Waals surface area contributed by atoms with Gasteiger partial charge in [0, 0.05) is 23.3 Å². The Balaban J connectivity index is 2.63. The average Bonchev–Trinajstić information content (AvgIpc) is 2.33. The molecule has 2 rings (SSSR count). The van der Waals surface area contributed by atoms with Gasteiger partial charge in [0.15, 0.2) is 0 Å². The van der Waals surface area contributed by atoms with E-state index in [1.807, 2.05) is 32.0 Å². The molecule has 0 aliphatic rings. The van der Waals surface area contributed by atoms with Crippen LogP contribution in [0.25, 0.3) is 5.69 Å². The minimum atomic E-state index is -0.135. The fourth-order valence-corrected chi connectivity index (χ4v) is 1.87. The molecule has 0 saturated heterocycles. The molecular formula is C13H14ClN3O. The molecule has 0 amide bonds. The number of nitrogens with zero attached hydrogens (tertiary/aromatic N) is 2. The van der Waals surface area contributed by atoms with Gasteiger partial charge in [-0.05, 0) is 31.5 Å². The van der Waals surface area contributed by atoms with Crippen LogP contribution in [-0.4, -0.2) is 9.78 Å². The lowest BCUT2D eigenvalue weighted by Gasteiger charge is -2.11. The highest BCUT2D eigenvalue weighted by atomic mass is 35.5. The Bertz CT molecular complexity index is 649. The van der Waals surface area contributed by atoms with E-state index >= 15 is 0 Å². The Morgan fingerprint density at radius 2 is 2.06 bits per heavy atom. The van der Waals surface area contributed by atoms with E-state index in [9.17, 15) is 4.79 Å². The summed E-state index contributed by atoms with van der Waals surface area (Å²) >= 11 is 6.09. The Morgan fingerprint density at radius 3 is 2.67 bits per heavy atom. The molecule has 0 aliphatic carbocycles. The molecule has 1 aromatic carbocycles. The van der Waals surface area contributed by atoms with E-state index in [1.54, 1.807) is 4.68 Å². The zero-order valence-electron chi connectivity index (χ0n) is 10.3. The third kappa shape index (κ3) is 2.30. The summed E-state index contributed by atoms with van der Waals surface area (Å²) in [4.78, 5) is 11.6. The molecular weight excluding hydrogens is 250 g/mol.